The number of halogens is 1. The number of Topliss-reactive ketones (excluding diaryl/α,β-unsaturated/α-hetero) is 1. The Hall–Kier alpha value is -0.970. The van der Waals surface area contributed by atoms with E-state index in [1.54, 1.807) is 11.3 Å². The summed E-state index contributed by atoms with van der Waals surface area (Å²) < 4.78 is 0.901. The lowest BCUT2D eigenvalue weighted by atomic mass is 9.92. The topological polar surface area (TPSA) is 29.1 Å². The normalized spacial score (nSPS) is 18.4. The second-order valence-corrected chi connectivity index (χ2v) is 6.00. The van der Waals surface area contributed by atoms with Crippen molar-refractivity contribution in [3.05, 3.63) is 56.2 Å². The molecule has 0 saturated heterocycles. The maximum atomic E-state index is 12.4. The molecule has 92 valence electrons. The SMILES string of the molecule is O=C(c1cscc1Br)C1Cc2ccccc2CN1. The molecule has 1 aromatic carbocycles. The van der Waals surface area contributed by atoms with Crippen molar-refractivity contribution in [3.63, 3.8) is 0 Å². The van der Waals surface area contributed by atoms with Gasteiger partial charge >= 0.3 is 0 Å². The molecular weight excluding hydrogens is 310 g/mol. The Labute approximate surface area is 118 Å². The van der Waals surface area contributed by atoms with E-state index in [9.17, 15) is 4.79 Å². The summed E-state index contributed by atoms with van der Waals surface area (Å²) in [5.74, 6) is 0.178. The van der Waals surface area contributed by atoms with Gasteiger partial charge in [0.25, 0.3) is 0 Å². The Balaban J connectivity index is 1.84. The largest absolute Gasteiger partial charge is 0.303 e. The maximum absolute atomic E-state index is 12.4. The first-order valence-electron chi connectivity index (χ1n) is 5.82. The highest BCUT2D eigenvalue weighted by atomic mass is 79.9. The van der Waals surface area contributed by atoms with Crippen molar-refractivity contribution in [2.75, 3.05) is 0 Å². The van der Waals surface area contributed by atoms with Gasteiger partial charge in [-0.15, -0.1) is 0 Å². The summed E-state index contributed by atoms with van der Waals surface area (Å²) in [7, 11) is 0. The summed E-state index contributed by atoms with van der Waals surface area (Å²) in [5, 5.41) is 7.18. The highest BCUT2D eigenvalue weighted by molar-refractivity contribution is 9.10. The molecule has 0 radical (unpaired) electrons. The van der Waals surface area contributed by atoms with Crippen LogP contribution in [0, 0.1) is 0 Å². The first kappa shape index (κ1) is 12.1. The molecular formula is C14H12BrNOS. The zero-order valence-electron chi connectivity index (χ0n) is 9.65. The van der Waals surface area contributed by atoms with Crippen LogP contribution in [0.3, 0.4) is 0 Å². The van der Waals surface area contributed by atoms with E-state index in [0.29, 0.717) is 0 Å². The lowest BCUT2D eigenvalue weighted by Crippen LogP contribution is -2.41. The van der Waals surface area contributed by atoms with Crippen molar-refractivity contribution in [1.29, 1.82) is 0 Å². The predicted molar refractivity (Wildman–Crippen MR) is 77.1 cm³/mol. The van der Waals surface area contributed by atoms with Gasteiger partial charge in [-0.25, -0.2) is 0 Å². The zero-order valence-corrected chi connectivity index (χ0v) is 12.1. The molecule has 0 saturated carbocycles. The van der Waals surface area contributed by atoms with Crippen molar-refractivity contribution in [2.45, 2.75) is 19.0 Å². The summed E-state index contributed by atoms with van der Waals surface area (Å²) in [6, 6.07) is 8.19. The van der Waals surface area contributed by atoms with Gasteiger partial charge in [0.15, 0.2) is 5.78 Å². The van der Waals surface area contributed by atoms with Gasteiger partial charge in [0.2, 0.25) is 0 Å². The number of hydrogen-bond donors (Lipinski definition) is 1. The first-order chi connectivity index (χ1) is 8.75. The second kappa shape index (κ2) is 4.96. The predicted octanol–water partition coefficient (Wildman–Crippen LogP) is 3.41. The van der Waals surface area contributed by atoms with Crippen molar-refractivity contribution < 1.29 is 4.79 Å². The zero-order chi connectivity index (χ0) is 12.5. The van der Waals surface area contributed by atoms with Crippen LogP contribution in [0.15, 0.2) is 39.5 Å². The van der Waals surface area contributed by atoms with Gasteiger partial charge in [-0.2, -0.15) is 11.3 Å². The van der Waals surface area contributed by atoms with Gasteiger partial charge in [0, 0.05) is 27.3 Å². The van der Waals surface area contributed by atoms with E-state index in [1.807, 2.05) is 22.9 Å². The average Bonchev–Trinajstić information content (AvgIpc) is 2.83. The standard InChI is InChI=1S/C14H12BrNOS/c15-12-8-18-7-11(12)14(17)13-5-9-3-1-2-4-10(9)6-16-13/h1-4,7-8,13,16H,5-6H2. The molecule has 0 bridgehead atoms. The number of hydrogen-bond acceptors (Lipinski definition) is 3. The molecule has 1 unspecified atom stereocenters. The van der Waals surface area contributed by atoms with Crippen molar-refractivity contribution in [1.82, 2.24) is 5.32 Å². The number of thiophene rings is 1. The Bertz CT molecular complexity index is 593. The Morgan fingerprint density at radius 2 is 2.06 bits per heavy atom. The molecule has 1 aliphatic rings. The first-order valence-corrected chi connectivity index (χ1v) is 7.55. The third kappa shape index (κ3) is 2.16. The van der Waals surface area contributed by atoms with Gasteiger partial charge in [0.05, 0.1) is 6.04 Å². The Kier molecular flexibility index (Phi) is 3.33. The molecule has 2 heterocycles. The van der Waals surface area contributed by atoms with Crippen molar-refractivity contribution in [3.8, 4) is 0 Å². The molecule has 3 rings (SSSR count). The van der Waals surface area contributed by atoms with Gasteiger partial charge < -0.3 is 5.32 Å². The van der Waals surface area contributed by atoms with E-state index in [0.717, 1.165) is 23.0 Å². The lowest BCUT2D eigenvalue weighted by molar-refractivity contribution is 0.0938. The summed E-state index contributed by atoms with van der Waals surface area (Å²) in [6.45, 7) is 0.772. The molecule has 2 nitrogen and oxygen atoms in total. The molecule has 1 aromatic heterocycles. The quantitative estimate of drug-likeness (QED) is 0.859. The molecule has 1 atom stereocenters. The minimum Gasteiger partial charge on any atom is -0.303 e. The Morgan fingerprint density at radius 3 is 2.78 bits per heavy atom. The van der Waals surface area contributed by atoms with Crippen LogP contribution in [0.5, 0.6) is 0 Å². The lowest BCUT2D eigenvalue weighted by Gasteiger charge is -2.25. The van der Waals surface area contributed by atoms with E-state index in [-0.39, 0.29) is 11.8 Å². The number of carbonyl (C=O) groups is 1. The second-order valence-electron chi connectivity index (χ2n) is 4.40. The average molecular weight is 322 g/mol. The van der Waals surface area contributed by atoms with Crippen LogP contribution in [-0.4, -0.2) is 11.8 Å². The molecule has 0 fully saturated rings. The fourth-order valence-electron chi connectivity index (χ4n) is 2.28. The van der Waals surface area contributed by atoms with Crippen LogP contribution >= 0.6 is 27.3 Å². The number of rotatable bonds is 2. The number of nitrogens with one attached hydrogen (secondary N) is 1. The minimum absolute atomic E-state index is 0.106. The molecule has 1 aliphatic heterocycles. The number of fused-ring (bicyclic) bond motifs is 1. The monoisotopic (exact) mass is 321 g/mol. The van der Waals surface area contributed by atoms with Gasteiger partial charge in [-0.05, 0) is 33.5 Å². The van der Waals surface area contributed by atoms with Crippen LogP contribution in [0.4, 0.5) is 0 Å². The maximum Gasteiger partial charge on any atom is 0.182 e. The number of benzene rings is 1. The molecule has 0 amide bonds. The fraction of sp³-hybridized carbons (Fsp3) is 0.214. The molecule has 0 aliphatic carbocycles. The highest BCUT2D eigenvalue weighted by Crippen LogP contribution is 2.25. The summed E-state index contributed by atoms with van der Waals surface area (Å²) >= 11 is 4.98. The molecule has 4 heteroatoms. The van der Waals surface area contributed by atoms with E-state index < -0.39 is 0 Å². The summed E-state index contributed by atoms with van der Waals surface area (Å²) in [6.07, 6.45) is 0.775. The highest BCUT2D eigenvalue weighted by Gasteiger charge is 2.26. The van der Waals surface area contributed by atoms with Gasteiger partial charge in [-0.1, -0.05) is 24.3 Å². The smallest absolute Gasteiger partial charge is 0.182 e. The molecule has 0 spiro atoms. The van der Waals surface area contributed by atoms with E-state index >= 15 is 0 Å². The molecule has 1 N–H and O–H groups in total. The van der Waals surface area contributed by atoms with Crippen LogP contribution in [0.2, 0.25) is 0 Å². The van der Waals surface area contributed by atoms with Crippen molar-refractivity contribution in [2.24, 2.45) is 0 Å². The third-order valence-corrected chi connectivity index (χ3v) is 4.98. The van der Waals surface area contributed by atoms with E-state index in [2.05, 4.69) is 33.4 Å². The third-order valence-electron chi connectivity index (χ3n) is 3.28. The van der Waals surface area contributed by atoms with Crippen LogP contribution in [-0.2, 0) is 13.0 Å². The summed E-state index contributed by atoms with van der Waals surface area (Å²) in [4.78, 5) is 12.4. The van der Waals surface area contributed by atoms with E-state index in [4.69, 9.17) is 0 Å². The number of ketones is 1. The fourth-order valence-corrected chi connectivity index (χ4v) is 3.76. The van der Waals surface area contributed by atoms with E-state index in [1.165, 1.54) is 11.1 Å². The number of carbonyl (C=O) groups excluding carboxylic acids is 1. The van der Waals surface area contributed by atoms with Crippen LogP contribution < -0.4 is 5.32 Å². The minimum atomic E-state index is -0.106. The Morgan fingerprint density at radius 1 is 1.28 bits per heavy atom. The molecule has 18 heavy (non-hydrogen) atoms. The van der Waals surface area contributed by atoms with Crippen LogP contribution in [0.25, 0.3) is 0 Å². The molecule has 2 aromatic rings. The van der Waals surface area contributed by atoms with Gasteiger partial charge in [0.1, 0.15) is 0 Å². The summed E-state index contributed by atoms with van der Waals surface area (Å²) in [5.41, 5.74) is 3.36. The van der Waals surface area contributed by atoms with Crippen LogP contribution in [0.1, 0.15) is 21.5 Å². The van der Waals surface area contributed by atoms with Gasteiger partial charge in [-0.3, -0.25) is 4.79 Å². The van der Waals surface area contributed by atoms with Crippen molar-refractivity contribution >= 4 is 33.0 Å².